The molecule has 2 aromatic heterocycles. The number of hydrogen-bond acceptors (Lipinski definition) is 3. The largest absolute Gasteiger partial charge is 0.351 e. The van der Waals surface area contributed by atoms with Gasteiger partial charge < -0.3 is 15.6 Å². The van der Waals surface area contributed by atoms with Crippen LogP contribution in [-0.4, -0.2) is 33.9 Å². The molecular formula is C23H24Cl2N4O2. The molecule has 1 saturated carbocycles. The third-order valence-corrected chi connectivity index (χ3v) is 5.61. The number of aromatic amines is 1. The molecule has 162 valence electrons. The van der Waals surface area contributed by atoms with Crippen molar-refractivity contribution in [1.29, 1.82) is 0 Å². The summed E-state index contributed by atoms with van der Waals surface area (Å²) in [6, 6.07) is 10.7. The summed E-state index contributed by atoms with van der Waals surface area (Å²) in [7, 11) is 0. The highest BCUT2D eigenvalue weighted by molar-refractivity contribution is 6.31. The Morgan fingerprint density at radius 2 is 1.74 bits per heavy atom. The van der Waals surface area contributed by atoms with Crippen LogP contribution in [0.2, 0.25) is 5.02 Å². The fourth-order valence-electron chi connectivity index (χ4n) is 3.83. The SMILES string of the molecule is Cl.O=C(C=Cc1ccncc1)N[C@H]1CCCC[C@H]1NC(=O)c1cc2cc(Cl)ccc2[nH]1. The van der Waals surface area contributed by atoms with Crippen LogP contribution in [0.15, 0.2) is 54.9 Å². The number of hydrogen-bond donors (Lipinski definition) is 3. The summed E-state index contributed by atoms with van der Waals surface area (Å²) in [5.74, 6) is -0.348. The van der Waals surface area contributed by atoms with E-state index >= 15 is 0 Å². The molecule has 2 atom stereocenters. The van der Waals surface area contributed by atoms with Crippen molar-refractivity contribution in [2.75, 3.05) is 0 Å². The van der Waals surface area contributed by atoms with E-state index in [2.05, 4.69) is 20.6 Å². The molecule has 1 aromatic carbocycles. The van der Waals surface area contributed by atoms with Gasteiger partial charge in [-0.1, -0.05) is 24.4 Å². The zero-order chi connectivity index (χ0) is 20.9. The molecule has 1 aliphatic carbocycles. The predicted octanol–water partition coefficient (Wildman–Crippen LogP) is 4.51. The molecule has 1 aliphatic rings. The molecule has 3 N–H and O–H groups in total. The molecule has 1 fully saturated rings. The number of halogens is 2. The Kier molecular flexibility index (Phi) is 7.71. The van der Waals surface area contributed by atoms with E-state index < -0.39 is 0 Å². The van der Waals surface area contributed by atoms with E-state index in [-0.39, 0.29) is 36.3 Å². The fourth-order valence-corrected chi connectivity index (χ4v) is 4.01. The zero-order valence-electron chi connectivity index (χ0n) is 16.8. The normalized spacial score (nSPS) is 18.5. The van der Waals surface area contributed by atoms with Gasteiger partial charge in [-0.3, -0.25) is 14.6 Å². The minimum absolute atomic E-state index is 0. The number of rotatable bonds is 5. The second-order valence-corrected chi connectivity index (χ2v) is 7.94. The first-order chi connectivity index (χ1) is 14.6. The topological polar surface area (TPSA) is 86.9 Å². The molecule has 4 rings (SSSR count). The van der Waals surface area contributed by atoms with Gasteiger partial charge in [0.1, 0.15) is 5.69 Å². The third kappa shape index (κ3) is 5.87. The van der Waals surface area contributed by atoms with Crippen molar-refractivity contribution < 1.29 is 9.59 Å². The number of nitrogens with zero attached hydrogens (tertiary/aromatic N) is 1. The van der Waals surface area contributed by atoms with Crippen molar-refractivity contribution in [2.24, 2.45) is 0 Å². The van der Waals surface area contributed by atoms with Crippen LogP contribution in [0.3, 0.4) is 0 Å². The van der Waals surface area contributed by atoms with E-state index in [1.807, 2.05) is 24.3 Å². The van der Waals surface area contributed by atoms with E-state index in [1.54, 1.807) is 30.6 Å². The molecule has 3 aromatic rings. The average Bonchev–Trinajstić information content (AvgIpc) is 3.18. The van der Waals surface area contributed by atoms with E-state index in [0.29, 0.717) is 10.7 Å². The van der Waals surface area contributed by atoms with Gasteiger partial charge in [0.15, 0.2) is 0 Å². The zero-order valence-corrected chi connectivity index (χ0v) is 18.4. The highest BCUT2D eigenvalue weighted by atomic mass is 35.5. The molecule has 8 heteroatoms. The summed E-state index contributed by atoms with van der Waals surface area (Å²) in [5.41, 5.74) is 2.26. The third-order valence-electron chi connectivity index (χ3n) is 5.37. The Balaban J connectivity index is 0.00000272. The van der Waals surface area contributed by atoms with Crippen molar-refractivity contribution >= 4 is 52.8 Å². The summed E-state index contributed by atoms with van der Waals surface area (Å²) in [4.78, 5) is 32.3. The van der Waals surface area contributed by atoms with Crippen molar-refractivity contribution in [3.05, 3.63) is 71.1 Å². The summed E-state index contributed by atoms with van der Waals surface area (Å²) < 4.78 is 0. The Bertz CT molecular complexity index is 1080. The molecule has 0 unspecified atom stereocenters. The Hall–Kier alpha value is -2.83. The number of amides is 2. The van der Waals surface area contributed by atoms with Gasteiger partial charge in [-0.05, 0) is 60.9 Å². The number of nitrogens with one attached hydrogen (secondary N) is 3. The molecule has 0 saturated heterocycles. The van der Waals surface area contributed by atoms with Gasteiger partial charge in [-0.2, -0.15) is 0 Å². The smallest absolute Gasteiger partial charge is 0.268 e. The van der Waals surface area contributed by atoms with E-state index in [4.69, 9.17) is 11.6 Å². The van der Waals surface area contributed by atoms with Crippen LogP contribution in [0.25, 0.3) is 17.0 Å². The van der Waals surface area contributed by atoms with E-state index in [1.165, 1.54) is 6.08 Å². The quantitative estimate of drug-likeness (QED) is 0.491. The lowest BCUT2D eigenvalue weighted by Gasteiger charge is -2.32. The van der Waals surface area contributed by atoms with Gasteiger partial charge in [0.25, 0.3) is 5.91 Å². The number of carbonyl (C=O) groups is 2. The molecule has 0 radical (unpaired) electrons. The Morgan fingerprint density at radius 3 is 2.48 bits per heavy atom. The second-order valence-electron chi connectivity index (χ2n) is 7.51. The maximum absolute atomic E-state index is 12.8. The van der Waals surface area contributed by atoms with Crippen molar-refractivity contribution in [2.45, 2.75) is 37.8 Å². The van der Waals surface area contributed by atoms with E-state index in [0.717, 1.165) is 42.1 Å². The van der Waals surface area contributed by atoms with Gasteiger partial charge in [0.2, 0.25) is 5.91 Å². The van der Waals surface area contributed by atoms with Crippen LogP contribution in [0.5, 0.6) is 0 Å². The van der Waals surface area contributed by atoms with Crippen LogP contribution in [0.4, 0.5) is 0 Å². The first-order valence-electron chi connectivity index (χ1n) is 10.1. The van der Waals surface area contributed by atoms with Gasteiger partial charge in [-0.25, -0.2) is 0 Å². The van der Waals surface area contributed by atoms with Crippen molar-refractivity contribution in [1.82, 2.24) is 20.6 Å². The number of H-pyrrole nitrogens is 1. The van der Waals surface area contributed by atoms with Crippen LogP contribution >= 0.6 is 24.0 Å². The summed E-state index contributed by atoms with van der Waals surface area (Å²) in [6.07, 6.45) is 10.3. The number of benzene rings is 1. The van der Waals surface area contributed by atoms with Gasteiger partial charge in [-0.15, -0.1) is 12.4 Å². The standard InChI is InChI=1S/C23H23ClN4O2.ClH/c24-17-6-7-18-16(13-17)14-21(26-18)23(30)28-20-4-2-1-3-19(20)27-22(29)8-5-15-9-11-25-12-10-15;/h5-14,19-20,26H,1-4H2,(H,27,29)(H,28,30);1H/t19-,20+;/m0./s1. The van der Waals surface area contributed by atoms with Crippen LogP contribution in [-0.2, 0) is 4.79 Å². The van der Waals surface area contributed by atoms with Crippen LogP contribution in [0, 0.1) is 0 Å². The Morgan fingerprint density at radius 1 is 1.03 bits per heavy atom. The average molecular weight is 459 g/mol. The first-order valence-corrected chi connectivity index (χ1v) is 10.4. The van der Waals surface area contributed by atoms with E-state index in [9.17, 15) is 9.59 Å². The maximum atomic E-state index is 12.8. The molecule has 2 heterocycles. The van der Waals surface area contributed by atoms with Gasteiger partial charge in [0.05, 0.1) is 0 Å². The predicted molar refractivity (Wildman–Crippen MR) is 125 cm³/mol. The Labute approximate surface area is 191 Å². The van der Waals surface area contributed by atoms with Gasteiger partial charge in [0, 0.05) is 46.5 Å². The summed E-state index contributed by atoms with van der Waals surface area (Å²) in [6.45, 7) is 0. The minimum atomic E-state index is -0.180. The fraction of sp³-hybridized carbons (Fsp3) is 0.261. The summed E-state index contributed by atoms with van der Waals surface area (Å²) in [5, 5.41) is 7.66. The molecular weight excluding hydrogens is 435 g/mol. The maximum Gasteiger partial charge on any atom is 0.268 e. The number of carbonyl (C=O) groups excluding carboxylic acids is 2. The lowest BCUT2D eigenvalue weighted by molar-refractivity contribution is -0.117. The second kappa shape index (κ2) is 10.5. The van der Waals surface area contributed by atoms with Crippen LogP contribution in [0.1, 0.15) is 41.7 Å². The lowest BCUT2D eigenvalue weighted by atomic mass is 9.90. The molecule has 0 spiro atoms. The molecule has 0 bridgehead atoms. The molecule has 6 nitrogen and oxygen atoms in total. The highest BCUT2D eigenvalue weighted by Crippen LogP contribution is 2.22. The van der Waals surface area contributed by atoms with Crippen LogP contribution < -0.4 is 10.6 Å². The summed E-state index contributed by atoms with van der Waals surface area (Å²) >= 11 is 6.03. The number of fused-ring (bicyclic) bond motifs is 1. The van der Waals surface area contributed by atoms with Crippen molar-refractivity contribution in [3.8, 4) is 0 Å². The molecule has 2 amide bonds. The van der Waals surface area contributed by atoms with Gasteiger partial charge >= 0.3 is 0 Å². The lowest BCUT2D eigenvalue weighted by Crippen LogP contribution is -2.53. The number of pyridine rings is 1. The molecule has 31 heavy (non-hydrogen) atoms. The number of aromatic nitrogens is 2. The highest BCUT2D eigenvalue weighted by Gasteiger charge is 2.28. The first kappa shape index (κ1) is 22.8. The molecule has 0 aliphatic heterocycles. The minimum Gasteiger partial charge on any atom is -0.351 e. The monoisotopic (exact) mass is 458 g/mol. The van der Waals surface area contributed by atoms with Crippen molar-refractivity contribution in [3.63, 3.8) is 0 Å².